The van der Waals surface area contributed by atoms with Crippen LogP contribution in [-0.2, 0) is 0 Å². The first kappa shape index (κ1) is 15.3. The van der Waals surface area contributed by atoms with Gasteiger partial charge in [-0.3, -0.25) is 0 Å². The van der Waals surface area contributed by atoms with Crippen LogP contribution in [-0.4, -0.2) is 36.6 Å². The van der Waals surface area contributed by atoms with E-state index in [1.54, 1.807) is 0 Å². The minimum atomic E-state index is 0.787. The van der Waals surface area contributed by atoms with Crippen molar-refractivity contribution in [2.45, 2.75) is 83.7 Å². The summed E-state index contributed by atoms with van der Waals surface area (Å²) in [4.78, 5) is 2.82. The highest BCUT2D eigenvalue weighted by molar-refractivity contribution is 4.88. The minimum absolute atomic E-state index is 0.787. The van der Waals surface area contributed by atoms with Gasteiger partial charge in [0.15, 0.2) is 0 Å². The summed E-state index contributed by atoms with van der Waals surface area (Å²) >= 11 is 0. The van der Waals surface area contributed by atoms with Crippen LogP contribution in [0.1, 0.15) is 71.6 Å². The Hall–Kier alpha value is -0.0800. The fourth-order valence-corrected chi connectivity index (χ4v) is 3.66. The van der Waals surface area contributed by atoms with E-state index in [-0.39, 0.29) is 0 Å². The highest BCUT2D eigenvalue weighted by Gasteiger charge is 2.32. The van der Waals surface area contributed by atoms with Crippen LogP contribution in [0.5, 0.6) is 0 Å². The van der Waals surface area contributed by atoms with E-state index in [1.807, 2.05) is 0 Å². The first-order valence-electron chi connectivity index (χ1n) is 8.82. The molecule has 2 nitrogen and oxygen atoms in total. The fourth-order valence-electron chi connectivity index (χ4n) is 3.66. The molecule has 2 saturated carbocycles. The molecule has 0 aliphatic heterocycles. The first-order valence-corrected chi connectivity index (χ1v) is 8.82. The summed E-state index contributed by atoms with van der Waals surface area (Å²) in [6, 6.07) is 1.73. The molecule has 2 unspecified atom stereocenters. The Labute approximate surface area is 120 Å². The summed E-state index contributed by atoms with van der Waals surface area (Å²) in [5.41, 5.74) is 0. The van der Waals surface area contributed by atoms with E-state index in [2.05, 4.69) is 24.1 Å². The third-order valence-electron chi connectivity index (χ3n) is 4.96. The van der Waals surface area contributed by atoms with Crippen LogP contribution >= 0.6 is 0 Å². The highest BCUT2D eigenvalue weighted by atomic mass is 15.2. The van der Waals surface area contributed by atoms with Gasteiger partial charge in [-0.15, -0.1) is 0 Å². The summed E-state index contributed by atoms with van der Waals surface area (Å²) in [6.45, 7) is 8.42. The molecule has 2 heteroatoms. The van der Waals surface area contributed by atoms with Gasteiger partial charge in [-0.05, 0) is 51.1 Å². The first-order chi connectivity index (χ1) is 9.35. The number of nitrogens with one attached hydrogen (secondary N) is 1. The van der Waals surface area contributed by atoms with Crippen molar-refractivity contribution in [2.24, 2.45) is 5.92 Å². The van der Waals surface area contributed by atoms with Crippen LogP contribution in [0.25, 0.3) is 0 Å². The van der Waals surface area contributed by atoms with Crippen molar-refractivity contribution in [3.63, 3.8) is 0 Å². The molecule has 2 fully saturated rings. The number of hydrogen-bond acceptors (Lipinski definition) is 2. The van der Waals surface area contributed by atoms with Gasteiger partial charge < -0.3 is 10.2 Å². The van der Waals surface area contributed by atoms with Crippen molar-refractivity contribution in [3.05, 3.63) is 0 Å². The predicted molar refractivity (Wildman–Crippen MR) is 83.5 cm³/mol. The third-order valence-corrected chi connectivity index (χ3v) is 4.96. The molecule has 2 aliphatic carbocycles. The zero-order chi connectivity index (χ0) is 13.5. The second kappa shape index (κ2) is 8.26. The quantitative estimate of drug-likeness (QED) is 0.672. The lowest BCUT2D eigenvalue weighted by atomic mass is 9.93. The van der Waals surface area contributed by atoms with E-state index in [4.69, 9.17) is 0 Å². The second-order valence-electron chi connectivity index (χ2n) is 6.64. The lowest BCUT2D eigenvalue weighted by molar-refractivity contribution is 0.185. The Morgan fingerprint density at radius 3 is 2.47 bits per heavy atom. The Morgan fingerprint density at radius 2 is 1.79 bits per heavy atom. The van der Waals surface area contributed by atoms with Gasteiger partial charge in [0.2, 0.25) is 0 Å². The normalized spacial score (nSPS) is 28.6. The zero-order valence-electron chi connectivity index (χ0n) is 13.2. The number of hydrogen-bond donors (Lipinski definition) is 1. The van der Waals surface area contributed by atoms with Crippen LogP contribution in [0, 0.1) is 5.92 Å². The van der Waals surface area contributed by atoms with Crippen molar-refractivity contribution in [3.8, 4) is 0 Å². The number of nitrogens with zero attached hydrogens (tertiary/aromatic N) is 1. The third kappa shape index (κ3) is 5.07. The molecule has 19 heavy (non-hydrogen) atoms. The molecule has 1 N–H and O–H groups in total. The molecule has 0 aromatic rings. The Kier molecular flexibility index (Phi) is 6.66. The molecule has 0 spiro atoms. The summed E-state index contributed by atoms with van der Waals surface area (Å²) in [5.74, 6) is 0.903. The van der Waals surface area contributed by atoms with Crippen LogP contribution in [0.15, 0.2) is 0 Å². The van der Waals surface area contributed by atoms with E-state index in [9.17, 15) is 0 Å². The maximum atomic E-state index is 3.77. The van der Waals surface area contributed by atoms with Crippen molar-refractivity contribution >= 4 is 0 Å². The lowest BCUT2D eigenvalue weighted by Crippen LogP contribution is -2.43. The predicted octanol–water partition coefficient (Wildman–Crippen LogP) is 3.81. The summed E-state index contributed by atoms with van der Waals surface area (Å²) in [6.07, 6.45) is 12.9. The van der Waals surface area contributed by atoms with Gasteiger partial charge in [-0.2, -0.15) is 0 Å². The topological polar surface area (TPSA) is 15.3 Å². The molecule has 112 valence electrons. The van der Waals surface area contributed by atoms with Gasteiger partial charge in [0.25, 0.3) is 0 Å². The van der Waals surface area contributed by atoms with E-state index in [1.165, 1.54) is 70.9 Å². The van der Waals surface area contributed by atoms with Gasteiger partial charge in [0.1, 0.15) is 0 Å². The standard InChI is InChI=1S/C17H34N2/c1-3-5-13-19(16-11-12-16)14-15-9-7-6-8-10-17(15)18-4-2/h15-18H,3-14H2,1-2H3. The zero-order valence-corrected chi connectivity index (χ0v) is 13.2. The SMILES string of the molecule is CCCCN(CC1CCCCCC1NCC)C1CC1. The number of rotatable bonds is 8. The van der Waals surface area contributed by atoms with E-state index in [0.717, 1.165) is 24.5 Å². The fraction of sp³-hybridized carbons (Fsp3) is 1.00. The molecule has 0 saturated heterocycles. The minimum Gasteiger partial charge on any atom is -0.314 e. The Bertz CT molecular complexity index is 237. The molecule has 0 radical (unpaired) electrons. The maximum absolute atomic E-state index is 3.77. The molecule has 0 heterocycles. The summed E-state index contributed by atoms with van der Waals surface area (Å²) < 4.78 is 0. The van der Waals surface area contributed by atoms with Gasteiger partial charge in [-0.1, -0.05) is 39.5 Å². The molecule has 0 bridgehead atoms. The van der Waals surface area contributed by atoms with Crippen LogP contribution in [0.3, 0.4) is 0 Å². The lowest BCUT2D eigenvalue weighted by Gasteiger charge is -2.32. The molecule has 0 aromatic heterocycles. The second-order valence-corrected chi connectivity index (χ2v) is 6.64. The average Bonchev–Trinajstić information content (AvgIpc) is 3.23. The summed E-state index contributed by atoms with van der Waals surface area (Å²) in [7, 11) is 0. The largest absolute Gasteiger partial charge is 0.314 e. The van der Waals surface area contributed by atoms with Crippen molar-refractivity contribution in [2.75, 3.05) is 19.6 Å². The average molecular weight is 266 g/mol. The molecular formula is C17H34N2. The Morgan fingerprint density at radius 1 is 1.00 bits per heavy atom. The molecule has 0 amide bonds. The molecule has 2 rings (SSSR count). The van der Waals surface area contributed by atoms with Crippen LogP contribution < -0.4 is 5.32 Å². The molecule has 2 aliphatic rings. The van der Waals surface area contributed by atoms with Gasteiger partial charge in [0, 0.05) is 18.6 Å². The smallest absolute Gasteiger partial charge is 0.0107 e. The van der Waals surface area contributed by atoms with Gasteiger partial charge in [0.05, 0.1) is 0 Å². The molecule has 0 aromatic carbocycles. The van der Waals surface area contributed by atoms with E-state index < -0.39 is 0 Å². The van der Waals surface area contributed by atoms with Crippen molar-refractivity contribution < 1.29 is 0 Å². The van der Waals surface area contributed by atoms with E-state index >= 15 is 0 Å². The van der Waals surface area contributed by atoms with Gasteiger partial charge >= 0.3 is 0 Å². The maximum Gasteiger partial charge on any atom is 0.0107 e. The summed E-state index contributed by atoms with van der Waals surface area (Å²) in [5, 5.41) is 3.77. The van der Waals surface area contributed by atoms with Crippen LogP contribution in [0.2, 0.25) is 0 Å². The number of unbranched alkanes of at least 4 members (excludes halogenated alkanes) is 1. The van der Waals surface area contributed by atoms with Crippen LogP contribution in [0.4, 0.5) is 0 Å². The molecular weight excluding hydrogens is 232 g/mol. The van der Waals surface area contributed by atoms with Crippen molar-refractivity contribution in [1.82, 2.24) is 10.2 Å². The highest BCUT2D eigenvalue weighted by Crippen LogP contribution is 2.31. The Balaban J connectivity index is 1.87. The monoisotopic (exact) mass is 266 g/mol. The van der Waals surface area contributed by atoms with Gasteiger partial charge in [-0.25, -0.2) is 0 Å². The van der Waals surface area contributed by atoms with E-state index in [0.29, 0.717) is 0 Å². The van der Waals surface area contributed by atoms with Crippen molar-refractivity contribution in [1.29, 1.82) is 0 Å². The molecule has 2 atom stereocenters.